The Labute approximate surface area is 178 Å². The molecule has 31 heavy (non-hydrogen) atoms. The van der Waals surface area contributed by atoms with Crippen LogP contribution in [0.5, 0.6) is 11.5 Å². The number of carboxylic acid groups (broad SMARTS) is 1. The molecule has 1 heterocycles. The summed E-state index contributed by atoms with van der Waals surface area (Å²) in [4.78, 5) is 11.1. The highest BCUT2D eigenvalue weighted by Crippen LogP contribution is 2.36. The largest absolute Gasteiger partial charge is 0.493 e. The quantitative estimate of drug-likeness (QED) is 0.601. The van der Waals surface area contributed by atoms with E-state index < -0.39 is 28.5 Å². The van der Waals surface area contributed by atoms with E-state index in [2.05, 4.69) is 0 Å². The van der Waals surface area contributed by atoms with Gasteiger partial charge in [-0.2, -0.15) is 13.2 Å². The molecule has 1 N–H and O–H groups in total. The lowest BCUT2D eigenvalue weighted by Gasteiger charge is -2.40. The molecule has 8 heteroatoms. The number of ether oxygens (including phenoxy) is 3. The molecule has 0 spiro atoms. The summed E-state index contributed by atoms with van der Waals surface area (Å²) in [5.74, 6) is 0.132. The third-order valence-corrected chi connectivity index (χ3v) is 5.15. The van der Waals surface area contributed by atoms with E-state index in [4.69, 9.17) is 19.3 Å². The molecular weight excluding hydrogens is 413 g/mol. The number of carboxylic acids is 1. The molecule has 0 radical (unpaired) electrons. The van der Waals surface area contributed by atoms with Gasteiger partial charge in [-0.3, -0.25) is 4.79 Å². The first-order valence-corrected chi connectivity index (χ1v) is 9.82. The number of halogens is 3. The maximum Gasteiger partial charge on any atom is 0.416 e. The van der Waals surface area contributed by atoms with Crippen LogP contribution < -0.4 is 9.47 Å². The van der Waals surface area contributed by atoms with E-state index in [1.165, 1.54) is 12.1 Å². The lowest BCUT2D eigenvalue weighted by Crippen LogP contribution is -2.48. The Hall–Kier alpha value is -2.74. The Morgan fingerprint density at radius 3 is 1.84 bits per heavy atom. The van der Waals surface area contributed by atoms with Crippen LogP contribution in [-0.4, -0.2) is 37.5 Å². The van der Waals surface area contributed by atoms with Crippen molar-refractivity contribution in [3.8, 4) is 11.5 Å². The van der Waals surface area contributed by atoms with E-state index in [0.29, 0.717) is 31.3 Å². The molecular formula is C23H25F3O5. The van der Waals surface area contributed by atoms with Crippen molar-refractivity contribution in [2.45, 2.75) is 31.9 Å². The molecule has 0 atom stereocenters. The first-order chi connectivity index (χ1) is 14.5. The van der Waals surface area contributed by atoms with Gasteiger partial charge in [0.05, 0.1) is 43.8 Å². The van der Waals surface area contributed by atoms with Gasteiger partial charge in [0.15, 0.2) is 0 Å². The lowest BCUT2D eigenvalue weighted by atomic mass is 9.76. The zero-order valence-electron chi connectivity index (χ0n) is 17.4. The summed E-state index contributed by atoms with van der Waals surface area (Å²) in [5, 5.41) is 9.14. The van der Waals surface area contributed by atoms with Crippen LogP contribution in [0.2, 0.25) is 0 Å². The summed E-state index contributed by atoms with van der Waals surface area (Å²) >= 11 is 0. The van der Waals surface area contributed by atoms with Gasteiger partial charge in [0.2, 0.25) is 0 Å². The third-order valence-electron chi connectivity index (χ3n) is 5.15. The summed E-state index contributed by atoms with van der Waals surface area (Å²) < 4.78 is 54.6. The molecule has 0 saturated carbocycles. The standard InChI is InChI=1S/C23H25F3O5/c1-21(2,13-31-19-9-5-17(6-10-19)23(24,25)26)12-30-18-7-3-16(4-8-18)22(11-20(27)28)14-29-15-22/h3-10H,11-15H2,1-2H3,(H,27,28). The highest BCUT2D eigenvalue weighted by atomic mass is 19.4. The van der Waals surface area contributed by atoms with E-state index in [0.717, 1.165) is 17.7 Å². The molecule has 1 fully saturated rings. The average Bonchev–Trinajstić information content (AvgIpc) is 2.68. The molecule has 0 aliphatic carbocycles. The number of aliphatic carboxylic acids is 1. The third kappa shape index (κ3) is 5.91. The minimum atomic E-state index is -4.37. The van der Waals surface area contributed by atoms with Crippen molar-refractivity contribution >= 4 is 5.97 Å². The topological polar surface area (TPSA) is 65.0 Å². The van der Waals surface area contributed by atoms with Gasteiger partial charge in [0.25, 0.3) is 0 Å². The number of carbonyl (C=O) groups is 1. The minimum Gasteiger partial charge on any atom is -0.493 e. The highest BCUT2D eigenvalue weighted by molar-refractivity contribution is 5.69. The Balaban J connectivity index is 1.52. The zero-order chi connectivity index (χ0) is 22.7. The molecule has 0 amide bonds. The zero-order valence-corrected chi connectivity index (χ0v) is 17.4. The van der Waals surface area contributed by atoms with Gasteiger partial charge >= 0.3 is 12.1 Å². The van der Waals surface area contributed by atoms with Crippen molar-refractivity contribution in [2.75, 3.05) is 26.4 Å². The molecule has 0 aromatic heterocycles. The van der Waals surface area contributed by atoms with E-state index >= 15 is 0 Å². The van der Waals surface area contributed by atoms with Gasteiger partial charge in [-0.05, 0) is 42.0 Å². The Morgan fingerprint density at radius 1 is 0.968 bits per heavy atom. The molecule has 0 bridgehead atoms. The SMILES string of the molecule is CC(C)(COc1ccc(C(F)(F)F)cc1)COc1ccc(C2(CC(=O)O)COC2)cc1. The Bertz CT molecular complexity index is 885. The number of alkyl halides is 3. The second-order valence-electron chi connectivity index (χ2n) is 8.63. The fraction of sp³-hybridized carbons (Fsp3) is 0.435. The summed E-state index contributed by atoms with van der Waals surface area (Å²) in [6.07, 6.45) is -4.36. The number of rotatable bonds is 9. The first kappa shape index (κ1) is 22.9. The summed E-state index contributed by atoms with van der Waals surface area (Å²) in [7, 11) is 0. The molecule has 2 aromatic carbocycles. The van der Waals surface area contributed by atoms with E-state index in [9.17, 15) is 18.0 Å². The normalized spacial score (nSPS) is 15.8. The number of hydrogen-bond acceptors (Lipinski definition) is 4. The Kier molecular flexibility index (Phi) is 6.50. The molecule has 5 nitrogen and oxygen atoms in total. The second kappa shape index (κ2) is 8.78. The van der Waals surface area contributed by atoms with Crippen LogP contribution in [0, 0.1) is 5.41 Å². The van der Waals surface area contributed by atoms with Crippen LogP contribution in [0.4, 0.5) is 13.2 Å². The maximum atomic E-state index is 12.6. The van der Waals surface area contributed by atoms with Crippen molar-refractivity contribution in [3.63, 3.8) is 0 Å². The fourth-order valence-electron chi connectivity index (χ4n) is 3.25. The first-order valence-electron chi connectivity index (χ1n) is 9.82. The van der Waals surface area contributed by atoms with Crippen LogP contribution in [0.3, 0.4) is 0 Å². The predicted molar refractivity (Wildman–Crippen MR) is 107 cm³/mol. The molecule has 1 aliphatic rings. The monoisotopic (exact) mass is 438 g/mol. The molecule has 168 valence electrons. The van der Waals surface area contributed by atoms with Gasteiger partial charge in [0, 0.05) is 5.41 Å². The smallest absolute Gasteiger partial charge is 0.416 e. The summed E-state index contributed by atoms with van der Waals surface area (Å²) in [6, 6.07) is 11.9. The maximum absolute atomic E-state index is 12.6. The van der Waals surface area contributed by atoms with Crippen molar-refractivity contribution in [3.05, 3.63) is 59.7 Å². The lowest BCUT2D eigenvalue weighted by molar-refractivity contribution is -0.145. The molecule has 2 aromatic rings. The van der Waals surface area contributed by atoms with Gasteiger partial charge in [-0.1, -0.05) is 26.0 Å². The van der Waals surface area contributed by atoms with Crippen molar-refractivity contribution in [2.24, 2.45) is 5.41 Å². The number of hydrogen-bond donors (Lipinski definition) is 1. The molecule has 3 rings (SSSR count). The van der Waals surface area contributed by atoms with Crippen molar-refractivity contribution in [1.29, 1.82) is 0 Å². The molecule has 0 unspecified atom stereocenters. The van der Waals surface area contributed by atoms with E-state index in [1.54, 1.807) is 12.1 Å². The molecule has 1 saturated heterocycles. The van der Waals surface area contributed by atoms with E-state index in [-0.39, 0.29) is 13.0 Å². The van der Waals surface area contributed by atoms with Gasteiger partial charge < -0.3 is 19.3 Å². The average molecular weight is 438 g/mol. The van der Waals surface area contributed by atoms with Crippen molar-refractivity contribution in [1.82, 2.24) is 0 Å². The van der Waals surface area contributed by atoms with Gasteiger partial charge in [0.1, 0.15) is 11.5 Å². The fourth-order valence-corrected chi connectivity index (χ4v) is 3.25. The van der Waals surface area contributed by atoms with Crippen LogP contribution >= 0.6 is 0 Å². The van der Waals surface area contributed by atoms with E-state index in [1.807, 2.05) is 26.0 Å². The predicted octanol–water partition coefficient (Wildman–Crippen LogP) is 4.93. The second-order valence-corrected chi connectivity index (χ2v) is 8.63. The minimum absolute atomic E-state index is 0.0154. The Morgan fingerprint density at radius 2 is 1.45 bits per heavy atom. The van der Waals surface area contributed by atoms with Crippen LogP contribution in [0.25, 0.3) is 0 Å². The molecule has 1 aliphatic heterocycles. The summed E-state index contributed by atoms with van der Waals surface area (Å²) in [6.45, 7) is 5.21. The van der Waals surface area contributed by atoms with Crippen LogP contribution in [-0.2, 0) is 21.1 Å². The van der Waals surface area contributed by atoms with Crippen LogP contribution in [0.15, 0.2) is 48.5 Å². The number of benzene rings is 2. The van der Waals surface area contributed by atoms with Crippen LogP contribution in [0.1, 0.15) is 31.4 Å². The van der Waals surface area contributed by atoms with Gasteiger partial charge in [-0.25, -0.2) is 0 Å². The van der Waals surface area contributed by atoms with Crippen molar-refractivity contribution < 1.29 is 37.3 Å². The summed E-state index contributed by atoms with van der Waals surface area (Å²) in [5.41, 5.74) is -0.699. The van der Waals surface area contributed by atoms with Gasteiger partial charge in [-0.15, -0.1) is 0 Å². The highest BCUT2D eigenvalue weighted by Gasteiger charge is 2.42.